The molecular formula is C9H11K2N2O4P. The number of benzene rings is 1. The SMILES string of the molecule is NC(=O)[C@H](Cc1ccccc1)NP(=O)([O-])[O-].[K+].[K+]. The molecule has 0 unspecified atom stereocenters. The van der Waals surface area contributed by atoms with E-state index in [1.807, 2.05) is 0 Å². The first-order valence-corrected chi connectivity index (χ1v) is 6.06. The quantitative estimate of drug-likeness (QED) is 0.413. The topological polar surface area (TPSA) is 118 Å². The third kappa shape index (κ3) is 9.90. The molecule has 0 fully saturated rings. The van der Waals surface area contributed by atoms with Gasteiger partial charge in [0.1, 0.15) is 0 Å². The molecule has 0 aromatic heterocycles. The summed E-state index contributed by atoms with van der Waals surface area (Å²) in [5, 5.41) is 1.67. The van der Waals surface area contributed by atoms with E-state index in [2.05, 4.69) is 0 Å². The Bertz CT molecular complexity index is 412. The van der Waals surface area contributed by atoms with Gasteiger partial charge in [0.25, 0.3) is 0 Å². The van der Waals surface area contributed by atoms with Crippen LogP contribution in [0.15, 0.2) is 30.3 Å². The monoisotopic (exact) mass is 320 g/mol. The number of nitrogens with two attached hydrogens (primary N) is 1. The molecule has 0 bridgehead atoms. The van der Waals surface area contributed by atoms with Crippen molar-refractivity contribution in [3.8, 4) is 0 Å². The first-order chi connectivity index (χ1) is 7.38. The maximum atomic E-state index is 10.9. The second-order valence-electron chi connectivity index (χ2n) is 3.27. The summed E-state index contributed by atoms with van der Waals surface area (Å²) in [5.74, 6) is -0.879. The Balaban J connectivity index is 0. The number of nitrogens with one attached hydrogen (secondary N) is 1. The normalized spacial score (nSPS) is 11.9. The van der Waals surface area contributed by atoms with Gasteiger partial charge in [0.2, 0.25) is 5.91 Å². The Morgan fingerprint density at radius 3 is 2.17 bits per heavy atom. The second-order valence-corrected chi connectivity index (χ2v) is 4.52. The van der Waals surface area contributed by atoms with E-state index in [1.165, 1.54) is 0 Å². The number of rotatable bonds is 5. The summed E-state index contributed by atoms with van der Waals surface area (Å²) < 4.78 is 10.5. The Morgan fingerprint density at radius 2 is 1.78 bits per heavy atom. The Labute approximate surface area is 191 Å². The molecule has 0 aliphatic carbocycles. The van der Waals surface area contributed by atoms with E-state index in [9.17, 15) is 19.1 Å². The molecule has 88 valence electrons. The third-order valence-electron chi connectivity index (χ3n) is 1.94. The van der Waals surface area contributed by atoms with Crippen molar-refractivity contribution in [2.45, 2.75) is 12.5 Å². The number of hydrogen-bond acceptors (Lipinski definition) is 4. The summed E-state index contributed by atoms with van der Waals surface area (Å²) >= 11 is 0. The van der Waals surface area contributed by atoms with Crippen LogP contribution >= 0.6 is 7.75 Å². The van der Waals surface area contributed by atoms with Crippen LogP contribution < -0.4 is 123 Å². The standard InChI is InChI=1S/C9H13N2O4P.2K/c10-9(12)8(11-16(13,14)15)6-7-4-2-1-3-5-7;;/h1-5,8H,6H2,(H2,10,12)(H3,11,13,14,15);;/q;2*+1/p-2/t8-;;/m0../s1. The van der Waals surface area contributed by atoms with E-state index in [0.717, 1.165) is 0 Å². The molecule has 0 aliphatic rings. The molecule has 1 atom stereocenters. The molecule has 6 nitrogen and oxygen atoms in total. The summed E-state index contributed by atoms with van der Waals surface area (Å²) in [6.45, 7) is 0. The average Bonchev–Trinajstić information content (AvgIpc) is 2.16. The fourth-order valence-electron chi connectivity index (χ4n) is 1.25. The first-order valence-electron chi connectivity index (χ1n) is 4.51. The number of amides is 1. The van der Waals surface area contributed by atoms with Gasteiger partial charge in [-0.25, -0.2) is 0 Å². The van der Waals surface area contributed by atoms with Gasteiger partial charge in [-0.05, 0) is 19.7 Å². The minimum absolute atomic E-state index is 0. The minimum atomic E-state index is -4.96. The van der Waals surface area contributed by atoms with Gasteiger partial charge in [-0.3, -0.25) is 9.88 Å². The van der Waals surface area contributed by atoms with Crippen molar-refractivity contribution in [3.05, 3.63) is 35.9 Å². The van der Waals surface area contributed by atoms with Gasteiger partial charge < -0.3 is 20.1 Å². The van der Waals surface area contributed by atoms with Crippen LogP contribution in [0, 0.1) is 0 Å². The van der Waals surface area contributed by atoms with Crippen LogP contribution in [-0.2, 0) is 15.8 Å². The molecule has 1 aromatic rings. The van der Waals surface area contributed by atoms with Gasteiger partial charge in [0, 0.05) is 0 Å². The Morgan fingerprint density at radius 1 is 1.28 bits per heavy atom. The fraction of sp³-hybridized carbons (Fsp3) is 0.222. The molecule has 0 saturated heterocycles. The molecule has 1 aromatic carbocycles. The van der Waals surface area contributed by atoms with E-state index in [1.54, 1.807) is 35.4 Å². The van der Waals surface area contributed by atoms with E-state index >= 15 is 0 Å². The molecule has 0 aliphatic heterocycles. The fourth-order valence-corrected chi connectivity index (χ4v) is 1.85. The van der Waals surface area contributed by atoms with Gasteiger partial charge in [0.15, 0.2) is 0 Å². The summed E-state index contributed by atoms with van der Waals surface area (Å²) in [7, 11) is -4.96. The zero-order valence-corrected chi connectivity index (χ0v) is 17.5. The molecular weight excluding hydrogens is 309 g/mol. The van der Waals surface area contributed by atoms with Crippen molar-refractivity contribution in [1.82, 2.24) is 5.09 Å². The van der Waals surface area contributed by atoms with Gasteiger partial charge in [-0.1, -0.05) is 30.3 Å². The Hall–Kier alpha value is 2.07. The van der Waals surface area contributed by atoms with E-state index in [-0.39, 0.29) is 109 Å². The maximum Gasteiger partial charge on any atom is 1.00 e. The predicted molar refractivity (Wildman–Crippen MR) is 53.9 cm³/mol. The van der Waals surface area contributed by atoms with Crippen LogP contribution in [0.5, 0.6) is 0 Å². The van der Waals surface area contributed by atoms with Crippen molar-refractivity contribution in [2.24, 2.45) is 5.73 Å². The zero-order chi connectivity index (χ0) is 12.2. The summed E-state index contributed by atoms with van der Waals surface area (Å²) in [6.07, 6.45) is 0.0602. The summed E-state index contributed by atoms with van der Waals surface area (Å²) in [6, 6.07) is 7.46. The Kier molecular flexibility index (Phi) is 13.4. The second kappa shape index (κ2) is 10.8. The zero-order valence-electron chi connectivity index (χ0n) is 10.3. The van der Waals surface area contributed by atoms with Gasteiger partial charge in [-0.2, -0.15) is 0 Å². The van der Waals surface area contributed by atoms with Crippen molar-refractivity contribution >= 4 is 13.7 Å². The van der Waals surface area contributed by atoms with Crippen LogP contribution in [0.4, 0.5) is 0 Å². The van der Waals surface area contributed by atoms with Crippen molar-refractivity contribution in [3.63, 3.8) is 0 Å². The van der Waals surface area contributed by atoms with Crippen LogP contribution in [-0.4, -0.2) is 11.9 Å². The first kappa shape index (κ1) is 22.4. The minimum Gasteiger partial charge on any atom is -0.799 e. The number of carbonyl (C=O) groups excluding carboxylic acids is 1. The van der Waals surface area contributed by atoms with Gasteiger partial charge in [-0.15, -0.1) is 0 Å². The molecule has 0 spiro atoms. The van der Waals surface area contributed by atoms with Crippen LogP contribution in [0.25, 0.3) is 0 Å². The third-order valence-corrected chi connectivity index (χ3v) is 2.57. The van der Waals surface area contributed by atoms with Crippen LogP contribution in [0.3, 0.4) is 0 Å². The van der Waals surface area contributed by atoms with Crippen LogP contribution in [0.2, 0.25) is 0 Å². The summed E-state index contributed by atoms with van der Waals surface area (Å²) in [5.41, 5.74) is 5.71. The maximum absolute atomic E-state index is 10.9. The molecule has 3 N–H and O–H groups in total. The molecule has 0 radical (unpaired) electrons. The molecule has 0 heterocycles. The number of carbonyl (C=O) groups is 1. The molecule has 1 rings (SSSR count). The number of hydrogen-bond donors (Lipinski definition) is 2. The predicted octanol–water partition coefficient (Wildman–Crippen LogP) is -7.49. The average molecular weight is 320 g/mol. The van der Waals surface area contributed by atoms with E-state index in [4.69, 9.17) is 5.73 Å². The van der Waals surface area contributed by atoms with Crippen LogP contribution in [0.1, 0.15) is 5.56 Å². The molecule has 18 heavy (non-hydrogen) atoms. The smallest absolute Gasteiger partial charge is 0.799 e. The molecule has 9 heteroatoms. The van der Waals surface area contributed by atoms with Crippen molar-refractivity contribution in [1.29, 1.82) is 0 Å². The van der Waals surface area contributed by atoms with Crippen molar-refractivity contribution < 1.29 is 122 Å². The summed E-state index contributed by atoms with van der Waals surface area (Å²) in [4.78, 5) is 31.9. The van der Waals surface area contributed by atoms with E-state index in [0.29, 0.717) is 5.56 Å². The molecule has 0 saturated carbocycles. The number of primary amides is 1. The van der Waals surface area contributed by atoms with E-state index < -0.39 is 19.7 Å². The van der Waals surface area contributed by atoms with Crippen molar-refractivity contribution in [2.75, 3.05) is 0 Å². The van der Waals surface area contributed by atoms with Gasteiger partial charge in [0.05, 0.1) is 6.04 Å². The van der Waals surface area contributed by atoms with Gasteiger partial charge >= 0.3 is 103 Å². The molecule has 1 amide bonds. The largest absolute Gasteiger partial charge is 1.00 e.